The lowest BCUT2D eigenvalue weighted by molar-refractivity contribution is 1.11. The number of nitrogens with zero attached hydrogens (tertiary/aromatic N) is 3. The second-order valence-electron chi connectivity index (χ2n) is 4.95. The summed E-state index contributed by atoms with van der Waals surface area (Å²) >= 11 is 0. The molecule has 0 radical (unpaired) electrons. The lowest BCUT2D eigenvalue weighted by Gasteiger charge is -2.09. The molecule has 4 heteroatoms. The van der Waals surface area contributed by atoms with E-state index in [1.165, 1.54) is 5.56 Å². The van der Waals surface area contributed by atoms with Crippen molar-refractivity contribution in [2.45, 2.75) is 13.8 Å². The molecule has 104 valence electrons. The molecule has 0 unspecified atom stereocenters. The summed E-state index contributed by atoms with van der Waals surface area (Å²) in [5, 5.41) is 3.33. The molecule has 0 amide bonds. The molecule has 1 aromatic carbocycles. The van der Waals surface area contributed by atoms with Crippen molar-refractivity contribution in [2.75, 3.05) is 5.32 Å². The summed E-state index contributed by atoms with van der Waals surface area (Å²) in [7, 11) is 0. The molecule has 3 rings (SSSR count). The number of benzene rings is 1. The first-order valence-corrected chi connectivity index (χ1v) is 6.80. The largest absolute Gasteiger partial charge is 0.340 e. The standard InChI is InChI=1S/C17H16N4/c1-12-4-3-5-15(10-12)20-16-11-13(2)19-17(21-16)14-6-8-18-9-7-14/h3-11H,1-2H3,(H,19,20,21). The van der Waals surface area contributed by atoms with Crippen molar-refractivity contribution in [3.8, 4) is 11.4 Å². The Morgan fingerprint density at radius 3 is 2.48 bits per heavy atom. The summed E-state index contributed by atoms with van der Waals surface area (Å²) in [6.45, 7) is 4.03. The van der Waals surface area contributed by atoms with E-state index in [4.69, 9.17) is 0 Å². The first-order chi connectivity index (χ1) is 10.2. The van der Waals surface area contributed by atoms with E-state index in [1.807, 2.05) is 37.3 Å². The van der Waals surface area contributed by atoms with Crippen molar-refractivity contribution in [1.29, 1.82) is 0 Å². The Balaban J connectivity index is 1.95. The third-order valence-corrected chi connectivity index (χ3v) is 3.08. The van der Waals surface area contributed by atoms with Crippen LogP contribution in [0.2, 0.25) is 0 Å². The quantitative estimate of drug-likeness (QED) is 0.788. The zero-order chi connectivity index (χ0) is 14.7. The Morgan fingerprint density at radius 1 is 0.905 bits per heavy atom. The van der Waals surface area contributed by atoms with Crippen LogP contribution in [-0.4, -0.2) is 15.0 Å². The highest BCUT2D eigenvalue weighted by Crippen LogP contribution is 2.20. The fraction of sp³-hybridized carbons (Fsp3) is 0.118. The van der Waals surface area contributed by atoms with Gasteiger partial charge in [-0.05, 0) is 43.7 Å². The van der Waals surface area contributed by atoms with Gasteiger partial charge in [0.2, 0.25) is 0 Å². The Bertz CT molecular complexity index is 754. The third kappa shape index (κ3) is 3.23. The first-order valence-electron chi connectivity index (χ1n) is 6.80. The number of hydrogen-bond acceptors (Lipinski definition) is 4. The normalized spacial score (nSPS) is 10.4. The van der Waals surface area contributed by atoms with Gasteiger partial charge in [0, 0.05) is 35.4 Å². The van der Waals surface area contributed by atoms with Crippen LogP contribution in [-0.2, 0) is 0 Å². The van der Waals surface area contributed by atoms with E-state index in [1.54, 1.807) is 12.4 Å². The van der Waals surface area contributed by atoms with Gasteiger partial charge in [-0.2, -0.15) is 0 Å². The van der Waals surface area contributed by atoms with Crippen LogP contribution in [0.1, 0.15) is 11.3 Å². The van der Waals surface area contributed by atoms with Crippen LogP contribution in [0.4, 0.5) is 11.5 Å². The SMILES string of the molecule is Cc1cccc(Nc2cc(C)nc(-c3ccncc3)n2)c1. The molecule has 0 fully saturated rings. The molecule has 0 aliphatic rings. The van der Waals surface area contributed by atoms with Gasteiger partial charge in [-0.1, -0.05) is 12.1 Å². The summed E-state index contributed by atoms with van der Waals surface area (Å²) in [6, 6.07) is 14.0. The maximum Gasteiger partial charge on any atom is 0.161 e. The Labute approximate surface area is 123 Å². The van der Waals surface area contributed by atoms with Gasteiger partial charge in [0.25, 0.3) is 0 Å². The highest BCUT2D eigenvalue weighted by Gasteiger charge is 2.05. The van der Waals surface area contributed by atoms with Crippen LogP contribution in [0.3, 0.4) is 0 Å². The smallest absolute Gasteiger partial charge is 0.161 e. The fourth-order valence-electron chi connectivity index (χ4n) is 2.13. The van der Waals surface area contributed by atoms with Gasteiger partial charge in [0.15, 0.2) is 5.82 Å². The van der Waals surface area contributed by atoms with E-state index in [9.17, 15) is 0 Å². The number of hydrogen-bond donors (Lipinski definition) is 1. The average molecular weight is 276 g/mol. The minimum absolute atomic E-state index is 0.701. The van der Waals surface area contributed by atoms with Crippen molar-refractivity contribution < 1.29 is 0 Å². The molecule has 0 aliphatic carbocycles. The Morgan fingerprint density at radius 2 is 1.71 bits per heavy atom. The van der Waals surface area contributed by atoms with Crippen LogP contribution in [0.5, 0.6) is 0 Å². The highest BCUT2D eigenvalue weighted by molar-refractivity contribution is 5.61. The molecule has 4 nitrogen and oxygen atoms in total. The summed E-state index contributed by atoms with van der Waals surface area (Å²) in [5.41, 5.74) is 4.11. The molecule has 1 N–H and O–H groups in total. The predicted molar refractivity (Wildman–Crippen MR) is 84.5 cm³/mol. The summed E-state index contributed by atoms with van der Waals surface area (Å²) in [4.78, 5) is 13.1. The second-order valence-corrected chi connectivity index (χ2v) is 4.95. The Kier molecular flexibility index (Phi) is 3.60. The third-order valence-electron chi connectivity index (χ3n) is 3.08. The highest BCUT2D eigenvalue weighted by atomic mass is 15.0. The van der Waals surface area contributed by atoms with Crippen molar-refractivity contribution in [3.05, 3.63) is 66.1 Å². The van der Waals surface area contributed by atoms with Gasteiger partial charge in [0.05, 0.1) is 0 Å². The van der Waals surface area contributed by atoms with Gasteiger partial charge >= 0.3 is 0 Å². The van der Waals surface area contributed by atoms with E-state index in [2.05, 4.69) is 39.3 Å². The monoisotopic (exact) mass is 276 g/mol. The number of pyridine rings is 1. The first kappa shape index (κ1) is 13.2. The van der Waals surface area contributed by atoms with Gasteiger partial charge in [-0.25, -0.2) is 9.97 Å². The molecule has 2 heterocycles. The molecule has 3 aromatic rings. The molecular formula is C17H16N4. The molecule has 0 spiro atoms. The topological polar surface area (TPSA) is 50.7 Å². The summed E-state index contributed by atoms with van der Waals surface area (Å²) < 4.78 is 0. The van der Waals surface area contributed by atoms with E-state index in [0.717, 1.165) is 22.8 Å². The zero-order valence-electron chi connectivity index (χ0n) is 12.0. The van der Waals surface area contributed by atoms with Gasteiger partial charge in [0.1, 0.15) is 5.82 Å². The van der Waals surface area contributed by atoms with Crippen LogP contribution >= 0.6 is 0 Å². The second kappa shape index (κ2) is 5.71. The number of anilines is 2. The predicted octanol–water partition coefficient (Wildman–Crippen LogP) is 3.90. The molecular weight excluding hydrogens is 260 g/mol. The molecule has 0 bridgehead atoms. The van der Waals surface area contributed by atoms with E-state index in [0.29, 0.717) is 5.82 Å². The molecule has 0 atom stereocenters. The zero-order valence-corrected chi connectivity index (χ0v) is 12.0. The summed E-state index contributed by atoms with van der Waals surface area (Å²) in [5.74, 6) is 1.49. The molecule has 21 heavy (non-hydrogen) atoms. The molecule has 0 saturated heterocycles. The molecule has 0 aliphatic heterocycles. The van der Waals surface area contributed by atoms with Crippen LogP contribution in [0.25, 0.3) is 11.4 Å². The average Bonchev–Trinajstić information content (AvgIpc) is 2.47. The molecule has 0 saturated carbocycles. The number of aromatic nitrogens is 3. The van der Waals surface area contributed by atoms with Crippen LogP contribution in [0.15, 0.2) is 54.9 Å². The van der Waals surface area contributed by atoms with Crippen molar-refractivity contribution in [1.82, 2.24) is 15.0 Å². The number of aryl methyl sites for hydroxylation is 2. The fourth-order valence-corrected chi connectivity index (χ4v) is 2.13. The minimum Gasteiger partial charge on any atom is -0.340 e. The van der Waals surface area contributed by atoms with Crippen molar-refractivity contribution in [2.24, 2.45) is 0 Å². The van der Waals surface area contributed by atoms with E-state index in [-0.39, 0.29) is 0 Å². The summed E-state index contributed by atoms with van der Waals surface area (Å²) in [6.07, 6.45) is 3.49. The van der Waals surface area contributed by atoms with Gasteiger partial charge in [-0.15, -0.1) is 0 Å². The maximum atomic E-state index is 4.58. The van der Waals surface area contributed by atoms with E-state index >= 15 is 0 Å². The van der Waals surface area contributed by atoms with Gasteiger partial charge < -0.3 is 5.32 Å². The molecule has 2 aromatic heterocycles. The lowest BCUT2D eigenvalue weighted by atomic mass is 10.2. The van der Waals surface area contributed by atoms with Crippen molar-refractivity contribution >= 4 is 11.5 Å². The number of nitrogens with one attached hydrogen (secondary N) is 1. The van der Waals surface area contributed by atoms with Crippen LogP contribution < -0.4 is 5.32 Å². The minimum atomic E-state index is 0.701. The van der Waals surface area contributed by atoms with Crippen LogP contribution in [0, 0.1) is 13.8 Å². The lowest BCUT2D eigenvalue weighted by Crippen LogP contribution is -1.99. The number of rotatable bonds is 3. The van der Waals surface area contributed by atoms with E-state index < -0.39 is 0 Å². The Hall–Kier alpha value is -2.75. The van der Waals surface area contributed by atoms with Crippen molar-refractivity contribution in [3.63, 3.8) is 0 Å². The maximum absolute atomic E-state index is 4.58. The van der Waals surface area contributed by atoms with Gasteiger partial charge in [-0.3, -0.25) is 4.98 Å².